The molecular formula is C23H44NO7P. The first kappa shape index (κ1) is 31.0. The molecule has 0 radical (unpaired) electrons. The monoisotopic (exact) mass is 477 g/mol. The maximum absolute atomic E-state index is 11.7. The third-order valence-corrected chi connectivity index (χ3v) is 5.55. The molecule has 0 heterocycles. The van der Waals surface area contributed by atoms with Crippen LogP contribution in [0.25, 0.3) is 0 Å². The molecule has 0 fully saturated rings. The second-order valence-electron chi connectivity index (χ2n) is 7.70. The van der Waals surface area contributed by atoms with Crippen molar-refractivity contribution in [2.45, 2.75) is 90.1 Å². The molecule has 1 unspecified atom stereocenters. The van der Waals surface area contributed by atoms with Crippen LogP contribution in [-0.4, -0.2) is 48.4 Å². The molecule has 0 spiro atoms. The van der Waals surface area contributed by atoms with Crippen molar-refractivity contribution in [1.29, 1.82) is 0 Å². The Morgan fingerprint density at radius 1 is 0.938 bits per heavy atom. The summed E-state index contributed by atoms with van der Waals surface area (Å²) < 4.78 is 25.5. The van der Waals surface area contributed by atoms with Gasteiger partial charge in [-0.05, 0) is 38.5 Å². The molecule has 2 atom stereocenters. The van der Waals surface area contributed by atoms with E-state index in [1.165, 1.54) is 38.5 Å². The molecule has 0 bridgehead atoms. The summed E-state index contributed by atoms with van der Waals surface area (Å²) >= 11 is 0. The van der Waals surface area contributed by atoms with E-state index in [-0.39, 0.29) is 26.2 Å². The van der Waals surface area contributed by atoms with Crippen molar-refractivity contribution in [3.05, 3.63) is 24.3 Å². The van der Waals surface area contributed by atoms with E-state index < -0.39 is 26.5 Å². The van der Waals surface area contributed by atoms with Crippen LogP contribution in [-0.2, 0) is 23.1 Å². The number of nitrogens with two attached hydrogens (primary N) is 1. The molecule has 0 aromatic heterocycles. The lowest BCUT2D eigenvalue weighted by molar-refractivity contribution is -0.147. The van der Waals surface area contributed by atoms with Gasteiger partial charge in [-0.3, -0.25) is 13.8 Å². The van der Waals surface area contributed by atoms with Gasteiger partial charge in [0.1, 0.15) is 12.7 Å². The lowest BCUT2D eigenvalue weighted by Gasteiger charge is -2.15. The Bertz CT molecular complexity index is 554. The smallest absolute Gasteiger partial charge is 0.463 e. The number of hydrogen-bond acceptors (Lipinski definition) is 7. The van der Waals surface area contributed by atoms with E-state index in [1.54, 1.807) is 0 Å². The quantitative estimate of drug-likeness (QED) is 0.0878. The average molecular weight is 478 g/mol. The van der Waals surface area contributed by atoms with Crippen LogP contribution in [0.3, 0.4) is 0 Å². The van der Waals surface area contributed by atoms with E-state index in [0.717, 1.165) is 25.7 Å². The summed E-state index contributed by atoms with van der Waals surface area (Å²) in [7, 11) is -4.25. The number of carbonyl (C=O) groups is 1. The Kier molecular flexibility index (Phi) is 21.1. The minimum atomic E-state index is -4.25. The van der Waals surface area contributed by atoms with Crippen molar-refractivity contribution >= 4 is 13.8 Å². The van der Waals surface area contributed by atoms with E-state index in [9.17, 15) is 19.4 Å². The highest BCUT2D eigenvalue weighted by atomic mass is 31.2. The second kappa shape index (κ2) is 21.8. The largest absolute Gasteiger partial charge is 0.472 e. The van der Waals surface area contributed by atoms with Gasteiger partial charge in [0, 0.05) is 13.0 Å². The maximum Gasteiger partial charge on any atom is 0.472 e. The van der Waals surface area contributed by atoms with E-state index >= 15 is 0 Å². The fraction of sp³-hybridized carbons (Fsp3) is 0.783. The number of ether oxygens (including phenoxy) is 1. The van der Waals surface area contributed by atoms with E-state index in [1.807, 2.05) is 0 Å². The van der Waals surface area contributed by atoms with Gasteiger partial charge in [0.05, 0.1) is 13.2 Å². The van der Waals surface area contributed by atoms with Gasteiger partial charge in [-0.2, -0.15) is 0 Å². The SMILES string of the molecule is CCCCCCCCC=CCC=CCCCCC(=O)OC[C@@H](O)COP(=O)(O)OCCN. The molecule has 8 nitrogen and oxygen atoms in total. The molecule has 32 heavy (non-hydrogen) atoms. The number of esters is 1. The van der Waals surface area contributed by atoms with Crippen LogP contribution in [0.15, 0.2) is 24.3 Å². The Morgan fingerprint density at radius 3 is 2.22 bits per heavy atom. The van der Waals surface area contributed by atoms with Crippen molar-refractivity contribution in [1.82, 2.24) is 0 Å². The Balaban J connectivity index is 3.59. The van der Waals surface area contributed by atoms with Gasteiger partial charge in [-0.15, -0.1) is 0 Å². The first-order valence-electron chi connectivity index (χ1n) is 11.9. The molecule has 0 rings (SSSR count). The molecule has 9 heteroatoms. The van der Waals surface area contributed by atoms with Gasteiger partial charge in [0.25, 0.3) is 0 Å². The van der Waals surface area contributed by atoms with Crippen LogP contribution in [0.1, 0.15) is 84.0 Å². The summed E-state index contributed by atoms with van der Waals surface area (Å²) in [6.07, 6.45) is 20.3. The van der Waals surface area contributed by atoms with Crippen LogP contribution in [0.5, 0.6) is 0 Å². The summed E-state index contributed by atoms with van der Waals surface area (Å²) in [6.45, 7) is 1.38. The number of aliphatic hydroxyl groups excluding tert-OH is 1. The zero-order valence-corrected chi connectivity index (χ0v) is 20.6. The van der Waals surface area contributed by atoms with Crippen LogP contribution in [0, 0.1) is 0 Å². The Hall–Kier alpha value is -1.02. The van der Waals surface area contributed by atoms with E-state index in [0.29, 0.717) is 6.42 Å². The number of phosphoric ester groups is 1. The Labute approximate surface area is 193 Å². The highest BCUT2D eigenvalue weighted by Gasteiger charge is 2.22. The minimum absolute atomic E-state index is 0.0697. The molecule has 0 aliphatic carbocycles. The second-order valence-corrected chi connectivity index (χ2v) is 9.16. The Morgan fingerprint density at radius 2 is 1.56 bits per heavy atom. The third-order valence-electron chi connectivity index (χ3n) is 4.57. The molecule has 188 valence electrons. The number of phosphoric acid groups is 1. The fourth-order valence-corrected chi connectivity index (χ4v) is 3.55. The third kappa shape index (κ3) is 22.2. The van der Waals surface area contributed by atoms with Crippen molar-refractivity contribution in [3.8, 4) is 0 Å². The van der Waals surface area contributed by atoms with Crippen LogP contribution in [0.4, 0.5) is 0 Å². The van der Waals surface area contributed by atoms with Crippen LogP contribution < -0.4 is 5.73 Å². The average Bonchev–Trinajstić information content (AvgIpc) is 2.77. The maximum atomic E-state index is 11.7. The van der Waals surface area contributed by atoms with Gasteiger partial charge in [0.2, 0.25) is 0 Å². The van der Waals surface area contributed by atoms with Crippen molar-refractivity contribution in [2.75, 3.05) is 26.4 Å². The summed E-state index contributed by atoms with van der Waals surface area (Å²) in [4.78, 5) is 21.0. The molecule has 0 aromatic rings. The number of aliphatic hydroxyl groups is 1. The molecule has 0 aliphatic rings. The summed E-state index contributed by atoms with van der Waals surface area (Å²) in [6, 6.07) is 0. The highest BCUT2D eigenvalue weighted by molar-refractivity contribution is 7.47. The molecule has 0 aliphatic heterocycles. The van der Waals surface area contributed by atoms with Gasteiger partial charge >= 0.3 is 13.8 Å². The zero-order valence-electron chi connectivity index (χ0n) is 19.7. The summed E-state index contributed by atoms with van der Waals surface area (Å²) in [5.74, 6) is -0.419. The minimum Gasteiger partial charge on any atom is -0.463 e. The van der Waals surface area contributed by atoms with Gasteiger partial charge in [-0.1, -0.05) is 63.3 Å². The molecule has 0 amide bonds. The normalized spacial score (nSPS) is 14.8. The molecule has 0 aromatic carbocycles. The number of allylic oxidation sites excluding steroid dienone is 4. The topological polar surface area (TPSA) is 128 Å². The molecule has 4 N–H and O–H groups in total. The number of unbranched alkanes of at least 4 members (excludes halogenated alkanes) is 8. The first-order valence-corrected chi connectivity index (χ1v) is 13.4. The van der Waals surface area contributed by atoms with Crippen LogP contribution >= 0.6 is 7.82 Å². The highest BCUT2D eigenvalue weighted by Crippen LogP contribution is 2.42. The van der Waals surface area contributed by atoms with Crippen molar-refractivity contribution in [2.24, 2.45) is 5.73 Å². The van der Waals surface area contributed by atoms with E-state index in [2.05, 4.69) is 40.3 Å². The van der Waals surface area contributed by atoms with Crippen LogP contribution in [0.2, 0.25) is 0 Å². The molecule has 0 saturated heterocycles. The van der Waals surface area contributed by atoms with Crippen molar-refractivity contribution in [3.63, 3.8) is 0 Å². The molecular weight excluding hydrogens is 433 g/mol. The number of hydrogen-bond donors (Lipinski definition) is 3. The first-order chi connectivity index (χ1) is 15.4. The predicted octanol–water partition coefficient (Wildman–Crippen LogP) is 4.80. The lowest BCUT2D eigenvalue weighted by Crippen LogP contribution is -2.23. The summed E-state index contributed by atoms with van der Waals surface area (Å²) in [5, 5.41) is 9.66. The number of rotatable bonds is 22. The molecule has 0 saturated carbocycles. The zero-order chi connectivity index (χ0) is 23.9. The van der Waals surface area contributed by atoms with Gasteiger partial charge in [0.15, 0.2) is 0 Å². The van der Waals surface area contributed by atoms with Gasteiger partial charge in [-0.25, -0.2) is 4.57 Å². The fourth-order valence-electron chi connectivity index (χ4n) is 2.78. The van der Waals surface area contributed by atoms with E-state index in [4.69, 9.17) is 10.5 Å². The standard InChI is InChI=1S/C23H44NO7P/c1-2-3-4-5-6-7-8-9-10-11-12-13-14-15-16-17-23(26)29-20-22(25)21-31-32(27,28)30-19-18-24/h9-10,12-13,22,25H,2-8,11,14-21,24H2,1H3,(H,27,28)/t22-/m1/s1. The number of carbonyl (C=O) groups excluding carboxylic acids is 1. The van der Waals surface area contributed by atoms with Crippen molar-refractivity contribution < 1.29 is 33.1 Å². The van der Waals surface area contributed by atoms with Gasteiger partial charge < -0.3 is 20.5 Å². The lowest BCUT2D eigenvalue weighted by atomic mass is 10.1. The predicted molar refractivity (Wildman–Crippen MR) is 127 cm³/mol. The summed E-state index contributed by atoms with van der Waals surface area (Å²) in [5.41, 5.74) is 5.16.